The first-order chi connectivity index (χ1) is 6.63. The molecule has 0 saturated carbocycles. The van der Waals surface area contributed by atoms with Crippen LogP contribution in [0.25, 0.3) is 0 Å². The molecule has 0 spiro atoms. The van der Waals surface area contributed by atoms with Crippen LogP contribution in [0.2, 0.25) is 5.15 Å². The van der Waals surface area contributed by atoms with Gasteiger partial charge < -0.3 is 5.32 Å². The monoisotopic (exact) mass is 212 g/mol. The van der Waals surface area contributed by atoms with Crippen LogP contribution in [-0.2, 0) is 0 Å². The Hall–Kier alpha value is -0.760. The van der Waals surface area contributed by atoms with Crippen molar-refractivity contribution >= 4 is 17.3 Å². The molecule has 3 heteroatoms. The zero-order valence-corrected chi connectivity index (χ0v) is 9.67. The summed E-state index contributed by atoms with van der Waals surface area (Å²) in [6.45, 7) is 6.62. The van der Waals surface area contributed by atoms with E-state index in [0.717, 1.165) is 5.69 Å². The van der Waals surface area contributed by atoms with Gasteiger partial charge in [-0.1, -0.05) is 31.9 Å². The quantitative estimate of drug-likeness (QED) is 0.772. The Morgan fingerprint density at radius 2 is 2.21 bits per heavy atom. The average Bonchev–Trinajstić information content (AvgIpc) is 2.16. The van der Waals surface area contributed by atoms with Crippen molar-refractivity contribution in [2.45, 2.75) is 33.2 Å². The molecule has 2 atom stereocenters. The van der Waals surface area contributed by atoms with Gasteiger partial charge in [-0.05, 0) is 25.0 Å². The Morgan fingerprint density at radius 1 is 1.50 bits per heavy atom. The van der Waals surface area contributed by atoms with Gasteiger partial charge >= 0.3 is 0 Å². The number of hydrogen-bond acceptors (Lipinski definition) is 2. The number of aromatic nitrogens is 1. The van der Waals surface area contributed by atoms with Crippen LogP contribution in [0.15, 0.2) is 18.3 Å². The molecule has 0 saturated heterocycles. The molecule has 14 heavy (non-hydrogen) atoms. The number of pyridine rings is 1. The van der Waals surface area contributed by atoms with E-state index in [1.807, 2.05) is 12.1 Å². The van der Waals surface area contributed by atoms with E-state index in [0.29, 0.717) is 17.1 Å². The number of hydrogen-bond donors (Lipinski definition) is 1. The molecule has 0 amide bonds. The molecule has 0 aromatic carbocycles. The van der Waals surface area contributed by atoms with E-state index in [9.17, 15) is 0 Å². The van der Waals surface area contributed by atoms with Gasteiger partial charge in [0, 0.05) is 17.9 Å². The van der Waals surface area contributed by atoms with Gasteiger partial charge in [0.15, 0.2) is 0 Å². The molecule has 1 heterocycles. The molecule has 78 valence electrons. The summed E-state index contributed by atoms with van der Waals surface area (Å²) in [5.74, 6) is 0.655. The maximum Gasteiger partial charge on any atom is 0.131 e. The number of anilines is 1. The lowest BCUT2D eigenvalue weighted by Gasteiger charge is -2.20. The fraction of sp³-hybridized carbons (Fsp3) is 0.545. The van der Waals surface area contributed by atoms with Crippen molar-refractivity contribution in [3.05, 3.63) is 23.5 Å². The van der Waals surface area contributed by atoms with Gasteiger partial charge in [-0.25, -0.2) is 4.98 Å². The molecule has 0 unspecified atom stereocenters. The van der Waals surface area contributed by atoms with Crippen molar-refractivity contribution in [3.8, 4) is 0 Å². The minimum atomic E-state index is 0.457. The summed E-state index contributed by atoms with van der Waals surface area (Å²) in [5.41, 5.74) is 1.04. The van der Waals surface area contributed by atoms with Crippen molar-refractivity contribution in [1.82, 2.24) is 4.98 Å². The third-order valence-corrected chi connectivity index (χ3v) is 2.83. The second-order valence-corrected chi connectivity index (χ2v) is 4.07. The van der Waals surface area contributed by atoms with Crippen molar-refractivity contribution < 1.29 is 0 Å². The van der Waals surface area contributed by atoms with Gasteiger partial charge in [0.05, 0.1) is 0 Å². The first-order valence-electron chi connectivity index (χ1n) is 5.01. The second-order valence-electron chi connectivity index (χ2n) is 3.69. The summed E-state index contributed by atoms with van der Waals surface area (Å²) in [7, 11) is 0. The summed E-state index contributed by atoms with van der Waals surface area (Å²) in [5, 5.41) is 3.94. The molecule has 0 radical (unpaired) electrons. The van der Waals surface area contributed by atoms with E-state index < -0.39 is 0 Å². The predicted octanol–water partition coefficient (Wildman–Crippen LogP) is 3.58. The molecule has 1 aromatic heterocycles. The van der Waals surface area contributed by atoms with Crippen LogP contribution < -0.4 is 5.32 Å². The van der Waals surface area contributed by atoms with Crippen LogP contribution in [0.5, 0.6) is 0 Å². The summed E-state index contributed by atoms with van der Waals surface area (Å²) >= 11 is 5.79. The van der Waals surface area contributed by atoms with E-state index in [-0.39, 0.29) is 0 Å². The highest BCUT2D eigenvalue weighted by Gasteiger charge is 2.09. The lowest BCUT2D eigenvalue weighted by atomic mass is 10.0. The maximum atomic E-state index is 5.79. The maximum absolute atomic E-state index is 5.79. The molecule has 1 N–H and O–H groups in total. The molecule has 0 aliphatic heterocycles. The predicted molar refractivity (Wildman–Crippen MR) is 61.8 cm³/mol. The van der Waals surface area contributed by atoms with Gasteiger partial charge in [-0.15, -0.1) is 0 Å². The lowest BCUT2D eigenvalue weighted by Crippen LogP contribution is -2.23. The average molecular weight is 213 g/mol. The molecule has 1 rings (SSSR count). The molecule has 0 aliphatic rings. The number of halogens is 1. The van der Waals surface area contributed by atoms with E-state index in [2.05, 4.69) is 31.1 Å². The Bertz CT molecular complexity index is 288. The fourth-order valence-corrected chi connectivity index (χ4v) is 1.42. The third kappa shape index (κ3) is 3.18. The van der Waals surface area contributed by atoms with Crippen LogP contribution in [-0.4, -0.2) is 11.0 Å². The molecule has 0 fully saturated rings. The molecule has 1 aromatic rings. The Balaban J connectivity index is 2.60. The number of nitrogens with one attached hydrogen (secondary N) is 1. The minimum Gasteiger partial charge on any atom is -0.382 e. The second kappa shape index (κ2) is 5.20. The van der Waals surface area contributed by atoms with Crippen molar-refractivity contribution in [2.24, 2.45) is 5.92 Å². The highest BCUT2D eigenvalue weighted by molar-refractivity contribution is 6.29. The van der Waals surface area contributed by atoms with Crippen LogP contribution in [0.1, 0.15) is 27.2 Å². The van der Waals surface area contributed by atoms with E-state index in [1.165, 1.54) is 6.42 Å². The van der Waals surface area contributed by atoms with Gasteiger partial charge in [-0.3, -0.25) is 0 Å². The first kappa shape index (κ1) is 11.3. The van der Waals surface area contributed by atoms with Crippen molar-refractivity contribution in [3.63, 3.8) is 0 Å². The minimum absolute atomic E-state index is 0.457. The molecule has 2 nitrogen and oxygen atoms in total. The Kier molecular flexibility index (Phi) is 4.21. The fourth-order valence-electron chi connectivity index (χ4n) is 1.25. The van der Waals surface area contributed by atoms with Gasteiger partial charge in [-0.2, -0.15) is 0 Å². The Morgan fingerprint density at radius 3 is 2.79 bits per heavy atom. The van der Waals surface area contributed by atoms with Crippen LogP contribution in [0.4, 0.5) is 5.69 Å². The molecule has 0 bridgehead atoms. The highest BCUT2D eigenvalue weighted by atomic mass is 35.5. The SMILES string of the molecule is CC[C@H](C)[C@H](C)Nc1ccnc(Cl)c1. The Labute approximate surface area is 90.7 Å². The van der Waals surface area contributed by atoms with Crippen LogP contribution >= 0.6 is 11.6 Å². The largest absolute Gasteiger partial charge is 0.382 e. The summed E-state index contributed by atoms with van der Waals surface area (Å²) < 4.78 is 0. The smallest absolute Gasteiger partial charge is 0.131 e. The standard InChI is InChI=1S/C11H17ClN2/c1-4-8(2)9(3)14-10-5-6-13-11(12)7-10/h5-9H,4H2,1-3H3,(H,13,14)/t8-,9-/m0/s1. The van der Waals surface area contributed by atoms with E-state index in [4.69, 9.17) is 11.6 Å². The van der Waals surface area contributed by atoms with Crippen LogP contribution in [0.3, 0.4) is 0 Å². The number of rotatable bonds is 4. The topological polar surface area (TPSA) is 24.9 Å². The molecule has 0 aliphatic carbocycles. The zero-order chi connectivity index (χ0) is 10.6. The van der Waals surface area contributed by atoms with Gasteiger partial charge in [0.1, 0.15) is 5.15 Å². The summed E-state index contributed by atoms with van der Waals surface area (Å²) in [4.78, 5) is 3.94. The lowest BCUT2D eigenvalue weighted by molar-refractivity contribution is 0.494. The first-order valence-corrected chi connectivity index (χ1v) is 5.39. The van der Waals surface area contributed by atoms with Crippen molar-refractivity contribution in [1.29, 1.82) is 0 Å². The van der Waals surface area contributed by atoms with E-state index >= 15 is 0 Å². The van der Waals surface area contributed by atoms with Crippen LogP contribution in [0, 0.1) is 5.92 Å². The highest BCUT2D eigenvalue weighted by Crippen LogP contribution is 2.16. The van der Waals surface area contributed by atoms with Gasteiger partial charge in [0.25, 0.3) is 0 Å². The number of nitrogens with zero attached hydrogens (tertiary/aromatic N) is 1. The molecular weight excluding hydrogens is 196 g/mol. The van der Waals surface area contributed by atoms with Gasteiger partial charge in [0.2, 0.25) is 0 Å². The summed E-state index contributed by atoms with van der Waals surface area (Å²) in [6.07, 6.45) is 2.89. The summed E-state index contributed by atoms with van der Waals surface area (Å²) in [6, 6.07) is 4.24. The zero-order valence-electron chi connectivity index (χ0n) is 8.92. The van der Waals surface area contributed by atoms with E-state index in [1.54, 1.807) is 6.20 Å². The molecular formula is C11H17ClN2. The van der Waals surface area contributed by atoms with Crippen molar-refractivity contribution in [2.75, 3.05) is 5.32 Å². The third-order valence-electron chi connectivity index (χ3n) is 2.62. The normalized spacial score (nSPS) is 14.9.